The van der Waals surface area contributed by atoms with Crippen LogP contribution in [0.3, 0.4) is 0 Å². The topological polar surface area (TPSA) is 48.3 Å². The summed E-state index contributed by atoms with van der Waals surface area (Å²) in [7, 11) is 1.98. The molecule has 2 aromatic rings. The monoisotopic (exact) mass is 287 g/mol. The molecule has 5 nitrogen and oxygen atoms in total. The Labute approximate surface area is 124 Å². The van der Waals surface area contributed by atoms with Crippen molar-refractivity contribution in [3.05, 3.63) is 41.7 Å². The van der Waals surface area contributed by atoms with E-state index in [1.165, 1.54) is 11.3 Å². The molecule has 0 fully saturated rings. The lowest BCUT2D eigenvalue weighted by molar-refractivity contribution is 0.171. The summed E-state index contributed by atoms with van der Waals surface area (Å²) in [5.41, 5.74) is 2.52. The third-order valence-corrected chi connectivity index (χ3v) is 3.68. The molecule has 1 aliphatic rings. The van der Waals surface area contributed by atoms with Crippen molar-refractivity contribution < 1.29 is 9.47 Å². The molecule has 1 aromatic heterocycles. The summed E-state index contributed by atoms with van der Waals surface area (Å²) < 4.78 is 13.0. The molecule has 0 radical (unpaired) electrons. The predicted molar refractivity (Wildman–Crippen MR) is 80.9 cm³/mol. The maximum atomic E-state index is 5.60. The van der Waals surface area contributed by atoms with Gasteiger partial charge in [0, 0.05) is 31.9 Å². The second-order valence-electron chi connectivity index (χ2n) is 5.17. The fourth-order valence-electron chi connectivity index (χ4n) is 2.46. The molecule has 0 amide bonds. The fourth-order valence-corrected chi connectivity index (χ4v) is 2.46. The second kappa shape index (κ2) is 6.63. The van der Waals surface area contributed by atoms with Crippen LogP contribution in [0.4, 0.5) is 0 Å². The molecule has 0 spiro atoms. The van der Waals surface area contributed by atoms with E-state index in [4.69, 9.17) is 9.47 Å². The number of aryl methyl sites for hydroxylation is 1. The minimum Gasteiger partial charge on any atom is -0.486 e. The molecular formula is C16H21N3O2. The Kier molecular flexibility index (Phi) is 4.40. The first-order valence-electron chi connectivity index (χ1n) is 7.39. The van der Waals surface area contributed by atoms with Crippen LogP contribution in [-0.2, 0) is 19.9 Å². The minimum absolute atomic E-state index is 0.638. The molecule has 112 valence electrons. The number of rotatable bonds is 6. The quantitative estimate of drug-likeness (QED) is 0.819. The van der Waals surface area contributed by atoms with Crippen LogP contribution in [0.25, 0.3) is 0 Å². The van der Waals surface area contributed by atoms with E-state index in [0.29, 0.717) is 13.2 Å². The predicted octanol–water partition coefficient (Wildman–Crippen LogP) is 1.57. The van der Waals surface area contributed by atoms with E-state index in [0.717, 1.165) is 37.4 Å². The number of hydrogen-bond donors (Lipinski definition) is 1. The van der Waals surface area contributed by atoms with Crippen LogP contribution >= 0.6 is 0 Å². The zero-order valence-electron chi connectivity index (χ0n) is 12.3. The normalized spacial score (nSPS) is 13.4. The van der Waals surface area contributed by atoms with Gasteiger partial charge in [-0.15, -0.1) is 0 Å². The number of nitrogens with zero attached hydrogens (tertiary/aromatic N) is 2. The van der Waals surface area contributed by atoms with Crippen molar-refractivity contribution in [1.82, 2.24) is 15.1 Å². The van der Waals surface area contributed by atoms with Gasteiger partial charge >= 0.3 is 0 Å². The van der Waals surface area contributed by atoms with Crippen LogP contribution in [-0.4, -0.2) is 36.1 Å². The van der Waals surface area contributed by atoms with Crippen molar-refractivity contribution in [2.45, 2.75) is 12.8 Å². The van der Waals surface area contributed by atoms with Gasteiger partial charge in [-0.25, -0.2) is 0 Å². The van der Waals surface area contributed by atoms with Crippen LogP contribution in [0.5, 0.6) is 11.5 Å². The Balaban J connectivity index is 1.42. The average Bonchev–Trinajstić information content (AvgIpc) is 2.92. The summed E-state index contributed by atoms with van der Waals surface area (Å²) in [6.07, 6.45) is 3.82. The largest absolute Gasteiger partial charge is 0.486 e. The third kappa shape index (κ3) is 3.55. The van der Waals surface area contributed by atoms with Gasteiger partial charge in [0.2, 0.25) is 0 Å². The van der Waals surface area contributed by atoms with Crippen LogP contribution in [0.15, 0.2) is 30.5 Å². The summed E-state index contributed by atoms with van der Waals surface area (Å²) in [4.78, 5) is 0. The number of nitrogens with one attached hydrogen (secondary N) is 1. The molecule has 5 heteroatoms. The highest BCUT2D eigenvalue weighted by Crippen LogP contribution is 2.30. The summed E-state index contributed by atoms with van der Waals surface area (Å²) in [6, 6.07) is 8.25. The van der Waals surface area contributed by atoms with Gasteiger partial charge < -0.3 is 14.8 Å². The molecule has 0 unspecified atom stereocenters. The molecule has 2 heterocycles. The highest BCUT2D eigenvalue weighted by Gasteiger charge is 2.11. The van der Waals surface area contributed by atoms with E-state index in [1.54, 1.807) is 0 Å². The van der Waals surface area contributed by atoms with E-state index in [2.05, 4.69) is 28.6 Å². The van der Waals surface area contributed by atoms with Crippen LogP contribution in [0.2, 0.25) is 0 Å². The second-order valence-corrected chi connectivity index (χ2v) is 5.17. The Morgan fingerprint density at radius 3 is 2.71 bits per heavy atom. The molecule has 3 rings (SSSR count). The molecule has 1 aliphatic heterocycles. The summed E-state index contributed by atoms with van der Waals surface area (Å²) in [6.45, 7) is 3.20. The third-order valence-electron chi connectivity index (χ3n) is 3.68. The Bertz CT molecular complexity index is 595. The van der Waals surface area contributed by atoms with Crippen LogP contribution in [0, 0.1) is 0 Å². The first-order chi connectivity index (χ1) is 10.3. The highest BCUT2D eigenvalue weighted by atomic mass is 16.6. The van der Waals surface area contributed by atoms with E-state index >= 15 is 0 Å². The minimum atomic E-state index is 0.638. The fraction of sp³-hybridized carbons (Fsp3) is 0.438. The SMILES string of the molecule is Cn1nccc1CCNCCc1ccc2c(c1)OCCO2. The van der Waals surface area contributed by atoms with Gasteiger partial charge in [0.1, 0.15) is 13.2 Å². The van der Waals surface area contributed by atoms with Crippen molar-refractivity contribution in [1.29, 1.82) is 0 Å². The zero-order valence-corrected chi connectivity index (χ0v) is 12.3. The first-order valence-corrected chi connectivity index (χ1v) is 7.39. The van der Waals surface area contributed by atoms with Gasteiger partial charge in [0.15, 0.2) is 11.5 Å². The number of hydrogen-bond acceptors (Lipinski definition) is 4. The van der Waals surface area contributed by atoms with Crippen molar-refractivity contribution in [3.63, 3.8) is 0 Å². The van der Waals surface area contributed by atoms with E-state index in [-0.39, 0.29) is 0 Å². The molecular weight excluding hydrogens is 266 g/mol. The highest BCUT2D eigenvalue weighted by molar-refractivity contribution is 5.43. The lowest BCUT2D eigenvalue weighted by Gasteiger charge is -2.18. The molecule has 0 saturated carbocycles. The summed E-state index contributed by atoms with van der Waals surface area (Å²) >= 11 is 0. The van der Waals surface area contributed by atoms with Crippen LogP contribution < -0.4 is 14.8 Å². The van der Waals surface area contributed by atoms with Crippen molar-refractivity contribution in [2.75, 3.05) is 26.3 Å². The van der Waals surface area contributed by atoms with Gasteiger partial charge in [-0.1, -0.05) is 6.07 Å². The summed E-state index contributed by atoms with van der Waals surface area (Å²) in [5, 5.41) is 7.63. The number of ether oxygens (including phenoxy) is 2. The molecule has 1 aromatic carbocycles. The van der Waals surface area contributed by atoms with Crippen molar-refractivity contribution in [2.24, 2.45) is 7.05 Å². The van der Waals surface area contributed by atoms with E-state index < -0.39 is 0 Å². The Morgan fingerprint density at radius 1 is 1.10 bits per heavy atom. The average molecular weight is 287 g/mol. The molecule has 21 heavy (non-hydrogen) atoms. The first kappa shape index (κ1) is 13.9. The number of benzene rings is 1. The Hall–Kier alpha value is -2.01. The summed E-state index contributed by atoms with van der Waals surface area (Å²) in [5.74, 6) is 1.72. The molecule has 0 atom stereocenters. The van der Waals surface area contributed by atoms with Gasteiger partial charge in [-0.05, 0) is 36.7 Å². The molecule has 0 bridgehead atoms. The molecule has 0 aliphatic carbocycles. The maximum Gasteiger partial charge on any atom is 0.161 e. The zero-order chi connectivity index (χ0) is 14.5. The van der Waals surface area contributed by atoms with Gasteiger partial charge in [-0.2, -0.15) is 5.10 Å². The smallest absolute Gasteiger partial charge is 0.161 e. The standard InChI is InChI=1S/C16H21N3O2/c1-19-14(6-9-18-19)5-8-17-7-4-13-2-3-15-16(12-13)21-11-10-20-15/h2-3,6,9,12,17H,4-5,7-8,10-11H2,1H3. The number of fused-ring (bicyclic) bond motifs is 1. The Morgan fingerprint density at radius 2 is 1.90 bits per heavy atom. The lowest BCUT2D eigenvalue weighted by atomic mass is 10.1. The molecule has 0 saturated heterocycles. The van der Waals surface area contributed by atoms with Gasteiger partial charge in [0.05, 0.1) is 0 Å². The van der Waals surface area contributed by atoms with E-state index in [9.17, 15) is 0 Å². The molecule has 1 N–H and O–H groups in total. The van der Waals surface area contributed by atoms with Gasteiger partial charge in [-0.3, -0.25) is 4.68 Å². The maximum absolute atomic E-state index is 5.60. The van der Waals surface area contributed by atoms with Crippen LogP contribution in [0.1, 0.15) is 11.3 Å². The lowest BCUT2D eigenvalue weighted by Crippen LogP contribution is -2.21. The van der Waals surface area contributed by atoms with Crippen molar-refractivity contribution >= 4 is 0 Å². The van der Waals surface area contributed by atoms with E-state index in [1.807, 2.05) is 24.0 Å². The van der Waals surface area contributed by atoms with Crippen molar-refractivity contribution in [3.8, 4) is 11.5 Å². The van der Waals surface area contributed by atoms with Gasteiger partial charge in [0.25, 0.3) is 0 Å². The number of aromatic nitrogens is 2.